The molecule has 2 unspecified atom stereocenters. The molecule has 2 rings (SSSR count). The van der Waals surface area contributed by atoms with Gasteiger partial charge in [0.2, 0.25) is 0 Å². The van der Waals surface area contributed by atoms with E-state index in [4.69, 9.17) is 9.47 Å². The van der Waals surface area contributed by atoms with Crippen LogP contribution in [0.4, 0.5) is 0 Å². The van der Waals surface area contributed by atoms with Gasteiger partial charge in [0, 0.05) is 12.8 Å². The molecule has 42 heavy (non-hydrogen) atoms. The minimum atomic E-state index is -0.0713. The van der Waals surface area contributed by atoms with Crippen LogP contribution in [-0.2, 0) is 19.1 Å². The summed E-state index contributed by atoms with van der Waals surface area (Å²) in [4.78, 5) is 24.2. The molecule has 2 aromatic carbocycles. The lowest BCUT2D eigenvalue weighted by Crippen LogP contribution is -2.18. The van der Waals surface area contributed by atoms with Crippen LogP contribution in [0.25, 0.3) is 0 Å². The van der Waals surface area contributed by atoms with Crippen LogP contribution in [0.15, 0.2) is 60.7 Å². The molecule has 0 radical (unpaired) electrons. The van der Waals surface area contributed by atoms with E-state index in [0.29, 0.717) is 37.9 Å². The van der Waals surface area contributed by atoms with Gasteiger partial charge in [-0.05, 0) is 59.5 Å². The fourth-order valence-electron chi connectivity index (χ4n) is 5.31. The summed E-state index contributed by atoms with van der Waals surface area (Å²) in [5, 5.41) is 0. The van der Waals surface area contributed by atoms with Crippen molar-refractivity contribution in [3.63, 3.8) is 0 Å². The van der Waals surface area contributed by atoms with Crippen molar-refractivity contribution in [2.75, 3.05) is 13.2 Å². The van der Waals surface area contributed by atoms with Crippen LogP contribution in [0.5, 0.6) is 0 Å². The molecule has 0 saturated carbocycles. The van der Waals surface area contributed by atoms with Gasteiger partial charge in [-0.15, -0.1) is 0 Å². The molecule has 4 nitrogen and oxygen atoms in total. The van der Waals surface area contributed by atoms with Crippen molar-refractivity contribution < 1.29 is 19.1 Å². The Morgan fingerprint density at radius 2 is 0.857 bits per heavy atom. The third kappa shape index (κ3) is 16.1. The average Bonchev–Trinajstić information content (AvgIpc) is 2.95. The van der Waals surface area contributed by atoms with Gasteiger partial charge in [0.05, 0.1) is 13.2 Å². The Labute approximate surface area is 257 Å². The Morgan fingerprint density at radius 3 is 1.19 bits per heavy atom. The molecule has 0 aromatic heterocycles. The van der Waals surface area contributed by atoms with E-state index in [1.807, 2.05) is 0 Å². The molecule has 0 aliphatic rings. The lowest BCUT2D eigenvalue weighted by Gasteiger charge is -2.29. The Bertz CT molecular complexity index is 917. The van der Waals surface area contributed by atoms with E-state index in [2.05, 4.69) is 102 Å². The molecule has 2 aromatic rings. The first-order valence-electron chi connectivity index (χ1n) is 16.4. The van der Waals surface area contributed by atoms with E-state index in [0.717, 1.165) is 64.2 Å². The molecule has 0 aliphatic carbocycles. The summed E-state index contributed by atoms with van der Waals surface area (Å²) in [6, 6.07) is 22.0. The first-order chi connectivity index (χ1) is 19.9. The molecule has 0 bridgehead atoms. The summed E-state index contributed by atoms with van der Waals surface area (Å²) >= 11 is 0. The van der Waals surface area contributed by atoms with Crippen molar-refractivity contribution in [1.82, 2.24) is 0 Å². The molecular weight excluding hydrogens is 520 g/mol. The fraction of sp³-hybridized carbons (Fsp3) is 0.632. The predicted molar refractivity (Wildman–Crippen MR) is 175 cm³/mol. The van der Waals surface area contributed by atoms with Crippen LogP contribution in [0.2, 0.25) is 0 Å². The Balaban J connectivity index is 1.89. The van der Waals surface area contributed by atoms with Crippen molar-refractivity contribution in [2.45, 2.75) is 130 Å². The summed E-state index contributed by atoms with van der Waals surface area (Å²) in [6.07, 6.45) is 11.8. The predicted octanol–water partition coefficient (Wildman–Crippen LogP) is 10.4. The summed E-state index contributed by atoms with van der Waals surface area (Å²) in [5.74, 6) is 0.770. The highest BCUT2D eigenvalue weighted by molar-refractivity contribution is 5.69. The summed E-state index contributed by atoms with van der Waals surface area (Å²) in [6.45, 7) is 13.5. The van der Waals surface area contributed by atoms with Gasteiger partial charge in [-0.2, -0.15) is 0 Å². The molecule has 0 heterocycles. The number of carbonyl (C=O) groups is 2. The number of unbranched alkanes of at least 4 members (excludes halogenated alkanes) is 6. The molecule has 0 saturated heterocycles. The van der Waals surface area contributed by atoms with Gasteiger partial charge in [-0.3, -0.25) is 9.59 Å². The third-order valence-electron chi connectivity index (χ3n) is 7.57. The number of carbonyl (C=O) groups excluding carboxylic acids is 2. The zero-order chi connectivity index (χ0) is 30.8. The first-order valence-corrected chi connectivity index (χ1v) is 16.4. The maximum absolute atomic E-state index is 12.1. The number of hydrogen-bond donors (Lipinski definition) is 0. The van der Waals surface area contributed by atoms with Gasteiger partial charge >= 0.3 is 11.9 Å². The van der Waals surface area contributed by atoms with Crippen LogP contribution in [0.3, 0.4) is 0 Å². The molecule has 234 valence electrons. The van der Waals surface area contributed by atoms with E-state index >= 15 is 0 Å². The molecule has 4 heteroatoms. The highest BCUT2D eigenvalue weighted by Crippen LogP contribution is 2.40. The van der Waals surface area contributed by atoms with Gasteiger partial charge in [0.25, 0.3) is 0 Å². The quantitative estimate of drug-likeness (QED) is 0.123. The fourth-order valence-corrected chi connectivity index (χ4v) is 5.31. The second-order valence-electron chi connectivity index (χ2n) is 14.4. The summed E-state index contributed by atoms with van der Waals surface area (Å²) in [5.41, 5.74) is 2.85. The minimum Gasteiger partial charge on any atom is -0.465 e. The lowest BCUT2D eigenvalue weighted by molar-refractivity contribution is -0.147. The standard InChI is InChI=1S/C38H58O4/c1-37(2,3)29-41-35(39)27-19-9-7-17-25-33(31-21-13-11-14-22-31)34(32-23-15-12-16-24-32)26-18-8-10-20-28-36(40)42-30-38(4,5)6/h11-16,21-24,33-34H,7-10,17-20,25-30H2,1-6H3. The highest BCUT2D eigenvalue weighted by atomic mass is 16.5. The largest absolute Gasteiger partial charge is 0.465 e. The smallest absolute Gasteiger partial charge is 0.305 e. The highest BCUT2D eigenvalue weighted by Gasteiger charge is 2.24. The summed E-state index contributed by atoms with van der Waals surface area (Å²) in [7, 11) is 0. The minimum absolute atomic E-state index is 0.0112. The Hall–Kier alpha value is -2.62. The molecule has 0 fully saturated rings. The van der Waals surface area contributed by atoms with Crippen LogP contribution in [0.1, 0.15) is 142 Å². The number of esters is 2. The van der Waals surface area contributed by atoms with E-state index in [1.165, 1.54) is 11.1 Å². The zero-order valence-electron chi connectivity index (χ0n) is 27.5. The van der Waals surface area contributed by atoms with Crippen LogP contribution >= 0.6 is 0 Å². The molecule has 0 amide bonds. The Morgan fingerprint density at radius 1 is 0.524 bits per heavy atom. The normalized spacial score (nSPS) is 13.4. The molecule has 2 atom stereocenters. The maximum atomic E-state index is 12.1. The van der Waals surface area contributed by atoms with Crippen molar-refractivity contribution in [3.8, 4) is 0 Å². The topological polar surface area (TPSA) is 52.6 Å². The van der Waals surface area contributed by atoms with Gasteiger partial charge in [-0.25, -0.2) is 0 Å². The molecule has 0 N–H and O–H groups in total. The van der Waals surface area contributed by atoms with E-state index in [1.54, 1.807) is 0 Å². The third-order valence-corrected chi connectivity index (χ3v) is 7.57. The van der Waals surface area contributed by atoms with Crippen molar-refractivity contribution in [2.24, 2.45) is 10.8 Å². The maximum Gasteiger partial charge on any atom is 0.305 e. The van der Waals surface area contributed by atoms with E-state index in [-0.39, 0.29) is 22.8 Å². The van der Waals surface area contributed by atoms with Crippen LogP contribution in [-0.4, -0.2) is 25.2 Å². The first kappa shape index (κ1) is 35.6. The monoisotopic (exact) mass is 578 g/mol. The molecular formula is C38H58O4. The van der Waals surface area contributed by atoms with Crippen molar-refractivity contribution in [1.29, 1.82) is 0 Å². The van der Waals surface area contributed by atoms with Gasteiger partial charge in [0.1, 0.15) is 0 Å². The van der Waals surface area contributed by atoms with Crippen molar-refractivity contribution >= 4 is 11.9 Å². The average molecular weight is 579 g/mol. The second kappa shape index (κ2) is 18.8. The SMILES string of the molecule is CC(C)(C)COC(=O)CCCCCCC(c1ccccc1)C(CCCCCCC(=O)OCC(C)(C)C)c1ccccc1. The zero-order valence-corrected chi connectivity index (χ0v) is 27.5. The number of hydrogen-bond acceptors (Lipinski definition) is 4. The number of ether oxygens (including phenoxy) is 2. The van der Waals surface area contributed by atoms with E-state index in [9.17, 15) is 9.59 Å². The van der Waals surface area contributed by atoms with Gasteiger partial charge in [0.15, 0.2) is 0 Å². The number of benzene rings is 2. The molecule has 0 spiro atoms. The lowest BCUT2D eigenvalue weighted by atomic mass is 9.76. The molecule has 0 aliphatic heterocycles. The van der Waals surface area contributed by atoms with Crippen molar-refractivity contribution in [3.05, 3.63) is 71.8 Å². The second-order valence-corrected chi connectivity index (χ2v) is 14.4. The van der Waals surface area contributed by atoms with Gasteiger partial charge in [-0.1, -0.05) is 141 Å². The van der Waals surface area contributed by atoms with Crippen LogP contribution < -0.4 is 0 Å². The summed E-state index contributed by atoms with van der Waals surface area (Å²) < 4.78 is 10.8. The van der Waals surface area contributed by atoms with Crippen LogP contribution in [0, 0.1) is 10.8 Å². The Kier molecular flexibility index (Phi) is 15.9. The van der Waals surface area contributed by atoms with Gasteiger partial charge < -0.3 is 9.47 Å². The number of rotatable bonds is 19. The van der Waals surface area contributed by atoms with E-state index < -0.39 is 0 Å².